The van der Waals surface area contributed by atoms with Gasteiger partial charge < -0.3 is 15.8 Å². The van der Waals surface area contributed by atoms with Crippen LogP contribution in [0.4, 0.5) is 11.8 Å². The van der Waals surface area contributed by atoms with E-state index >= 15 is 0 Å². The molecule has 0 aliphatic carbocycles. The number of anilines is 2. The average molecular weight is 222 g/mol. The van der Waals surface area contributed by atoms with Crippen molar-refractivity contribution in [3.8, 4) is 0 Å². The number of nitrogen functional groups attached to an aromatic ring is 1. The molecule has 1 aliphatic rings. The fourth-order valence-electron chi connectivity index (χ4n) is 1.88. The summed E-state index contributed by atoms with van der Waals surface area (Å²) in [4.78, 5) is 8.10. The van der Waals surface area contributed by atoms with Crippen molar-refractivity contribution < 1.29 is 4.74 Å². The molecule has 0 saturated carbocycles. The van der Waals surface area contributed by atoms with E-state index in [1.807, 2.05) is 6.92 Å². The number of hydrogen-bond acceptors (Lipinski definition) is 5. The predicted molar refractivity (Wildman–Crippen MR) is 63.3 cm³/mol. The highest BCUT2D eigenvalue weighted by atomic mass is 16.5. The van der Waals surface area contributed by atoms with Crippen LogP contribution in [0.25, 0.3) is 0 Å². The van der Waals surface area contributed by atoms with Crippen molar-refractivity contribution in [2.75, 3.05) is 24.2 Å². The summed E-state index contributed by atoms with van der Waals surface area (Å²) in [6.45, 7) is 5.68. The number of nitrogens with zero attached hydrogens (tertiary/aromatic N) is 2. The highest BCUT2D eigenvalue weighted by Gasteiger charge is 2.29. The molecule has 0 amide bonds. The Labute approximate surface area is 95.4 Å². The third kappa shape index (κ3) is 2.41. The van der Waals surface area contributed by atoms with Gasteiger partial charge in [-0.3, -0.25) is 0 Å². The van der Waals surface area contributed by atoms with Crippen LogP contribution in [0.2, 0.25) is 0 Å². The Hall–Kier alpha value is -1.36. The second-order valence-electron chi connectivity index (χ2n) is 4.52. The van der Waals surface area contributed by atoms with E-state index in [9.17, 15) is 0 Å². The Morgan fingerprint density at radius 3 is 3.12 bits per heavy atom. The zero-order valence-electron chi connectivity index (χ0n) is 9.79. The van der Waals surface area contributed by atoms with Gasteiger partial charge in [0.15, 0.2) is 0 Å². The Morgan fingerprint density at radius 1 is 1.62 bits per heavy atom. The van der Waals surface area contributed by atoms with Crippen LogP contribution in [0.1, 0.15) is 25.3 Å². The van der Waals surface area contributed by atoms with E-state index < -0.39 is 0 Å². The fraction of sp³-hybridized carbons (Fsp3) is 0.636. The molecular weight excluding hydrogens is 204 g/mol. The van der Waals surface area contributed by atoms with E-state index in [1.165, 1.54) is 0 Å². The van der Waals surface area contributed by atoms with Crippen LogP contribution in [-0.2, 0) is 4.74 Å². The van der Waals surface area contributed by atoms with Crippen LogP contribution in [0.15, 0.2) is 6.20 Å². The summed E-state index contributed by atoms with van der Waals surface area (Å²) in [7, 11) is 0. The van der Waals surface area contributed by atoms with Gasteiger partial charge in [0.2, 0.25) is 5.95 Å². The van der Waals surface area contributed by atoms with Gasteiger partial charge in [-0.2, -0.15) is 4.98 Å². The lowest BCUT2D eigenvalue weighted by molar-refractivity contribution is 0.0314. The molecule has 1 atom stereocenters. The number of ether oxygens (including phenoxy) is 1. The lowest BCUT2D eigenvalue weighted by Gasteiger charge is -2.24. The van der Waals surface area contributed by atoms with Gasteiger partial charge in [0.05, 0.1) is 5.60 Å². The predicted octanol–water partition coefficient (Wildman–Crippen LogP) is 1.35. The van der Waals surface area contributed by atoms with Crippen LogP contribution >= 0.6 is 0 Å². The molecule has 1 unspecified atom stereocenters. The maximum Gasteiger partial charge on any atom is 0.221 e. The first kappa shape index (κ1) is 11.1. The first-order valence-corrected chi connectivity index (χ1v) is 5.56. The number of hydrogen-bond donors (Lipinski definition) is 2. The second-order valence-corrected chi connectivity index (χ2v) is 4.52. The Morgan fingerprint density at radius 2 is 2.44 bits per heavy atom. The Balaban J connectivity index is 2.01. The van der Waals surface area contributed by atoms with Crippen molar-refractivity contribution >= 4 is 11.8 Å². The molecule has 1 fully saturated rings. The fourth-order valence-corrected chi connectivity index (χ4v) is 1.88. The van der Waals surface area contributed by atoms with Crippen LogP contribution in [0, 0.1) is 6.92 Å². The van der Waals surface area contributed by atoms with Crippen molar-refractivity contribution in [1.82, 2.24) is 9.97 Å². The SMILES string of the molecule is Cc1cnc(N)nc1NCC1(C)CCCO1. The van der Waals surface area contributed by atoms with E-state index in [1.54, 1.807) is 6.20 Å². The number of aromatic nitrogens is 2. The molecule has 3 N–H and O–H groups in total. The largest absolute Gasteiger partial charge is 0.373 e. The summed E-state index contributed by atoms with van der Waals surface area (Å²) in [5.41, 5.74) is 6.47. The van der Waals surface area contributed by atoms with E-state index in [0.29, 0.717) is 5.95 Å². The van der Waals surface area contributed by atoms with Gasteiger partial charge in [0.1, 0.15) is 5.82 Å². The van der Waals surface area contributed by atoms with E-state index in [0.717, 1.165) is 37.4 Å². The van der Waals surface area contributed by atoms with Crippen molar-refractivity contribution in [3.63, 3.8) is 0 Å². The summed E-state index contributed by atoms with van der Waals surface area (Å²) in [6, 6.07) is 0. The van der Waals surface area contributed by atoms with E-state index in [4.69, 9.17) is 10.5 Å². The molecule has 0 spiro atoms. The van der Waals surface area contributed by atoms with Crippen LogP contribution in [-0.4, -0.2) is 28.7 Å². The van der Waals surface area contributed by atoms with Crippen LogP contribution in [0.3, 0.4) is 0 Å². The van der Waals surface area contributed by atoms with Gasteiger partial charge in [-0.1, -0.05) is 0 Å². The summed E-state index contributed by atoms with van der Waals surface area (Å²) < 4.78 is 5.70. The molecule has 16 heavy (non-hydrogen) atoms. The molecule has 1 aromatic rings. The number of aryl methyl sites for hydroxylation is 1. The van der Waals surface area contributed by atoms with Crippen LogP contribution < -0.4 is 11.1 Å². The number of rotatable bonds is 3. The number of nitrogens with one attached hydrogen (secondary N) is 1. The molecule has 2 heterocycles. The molecule has 0 radical (unpaired) electrons. The van der Waals surface area contributed by atoms with Gasteiger partial charge in [-0.25, -0.2) is 4.98 Å². The highest BCUT2D eigenvalue weighted by Crippen LogP contribution is 2.25. The molecule has 2 rings (SSSR count). The maximum absolute atomic E-state index is 5.70. The summed E-state index contributed by atoms with van der Waals surface area (Å²) >= 11 is 0. The summed E-state index contributed by atoms with van der Waals surface area (Å²) in [6.07, 6.45) is 3.94. The second kappa shape index (κ2) is 4.25. The van der Waals surface area contributed by atoms with Gasteiger partial charge >= 0.3 is 0 Å². The van der Waals surface area contributed by atoms with Gasteiger partial charge in [0.25, 0.3) is 0 Å². The minimum Gasteiger partial charge on any atom is -0.373 e. The molecule has 0 bridgehead atoms. The summed E-state index contributed by atoms with van der Waals surface area (Å²) in [5.74, 6) is 1.09. The van der Waals surface area contributed by atoms with Crippen LogP contribution in [0.5, 0.6) is 0 Å². The Bertz CT molecular complexity index is 374. The normalized spacial score (nSPS) is 24.6. The zero-order valence-corrected chi connectivity index (χ0v) is 9.79. The first-order valence-electron chi connectivity index (χ1n) is 5.56. The van der Waals surface area contributed by atoms with E-state index in [-0.39, 0.29) is 5.60 Å². The third-order valence-corrected chi connectivity index (χ3v) is 2.92. The lowest BCUT2D eigenvalue weighted by atomic mass is 10.0. The maximum atomic E-state index is 5.70. The lowest BCUT2D eigenvalue weighted by Crippen LogP contribution is -2.33. The first-order chi connectivity index (χ1) is 7.59. The molecule has 5 heteroatoms. The van der Waals surface area contributed by atoms with Gasteiger partial charge in [-0.05, 0) is 26.7 Å². The molecule has 1 aromatic heterocycles. The van der Waals surface area contributed by atoms with Gasteiger partial charge in [0, 0.05) is 24.9 Å². The Kier molecular flexibility index (Phi) is 2.96. The molecule has 1 aliphatic heterocycles. The monoisotopic (exact) mass is 222 g/mol. The smallest absolute Gasteiger partial charge is 0.221 e. The number of nitrogens with two attached hydrogens (primary N) is 1. The van der Waals surface area contributed by atoms with E-state index in [2.05, 4.69) is 22.2 Å². The quantitative estimate of drug-likeness (QED) is 0.807. The van der Waals surface area contributed by atoms with Crippen molar-refractivity contribution in [2.24, 2.45) is 0 Å². The standard InChI is InChI=1S/C11H18N4O/c1-8-6-13-10(12)15-9(8)14-7-11(2)4-3-5-16-11/h6H,3-5,7H2,1-2H3,(H3,12,13,14,15). The third-order valence-electron chi connectivity index (χ3n) is 2.92. The molecule has 0 aromatic carbocycles. The van der Waals surface area contributed by atoms with Crippen molar-refractivity contribution in [3.05, 3.63) is 11.8 Å². The topological polar surface area (TPSA) is 73.1 Å². The molecular formula is C11H18N4O. The highest BCUT2D eigenvalue weighted by molar-refractivity contribution is 5.45. The zero-order chi connectivity index (χ0) is 11.6. The molecule has 88 valence electrons. The summed E-state index contributed by atoms with van der Waals surface area (Å²) in [5, 5.41) is 3.28. The van der Waals surface area contributed by atoms with Crippen molar-refractivity contribution in [1.29, 1.82) is 0 Å². The molecule has 5 nitrogen and oxygen atoms in total. The molecule has 1 saturated heterocycles. The minimum absolute atomic E-state index is 0.0772. The minimum atomic E-state index is -0.0772. The van der Waals surface area contributed by atoms with Crippen molar-refractivity contribution in [2.45, 2.75) is 32.3 Å². The van der Waals surface area contributed by atoms with Gasteiger partial charge in [-0.15, -0.1) is 0 Å². The average Bonchev–Trinajstić information content (AvgIpc) is 2.67.